The monoisotopic (exact) mass is 393 g/mol. The van der Waals surface area contributed by atoms with E-state index in [2.05, 4.69) is 25.3 Å². The Labute approximate surface area is 172 Å². The summed E-state index contributed by atoms with van der Waals surface area (Å²) in [6.45, 7) is 5.25. The van der Waals surface area contributed by atoms with E-state index < -0.39 is 0 Å². The molecular weight excluding hydrogens is 350 g/mol. The van der Waals surface area contributed by atoms with Gasteiger partial charge in [-0.15, -0.1) is 11.3 Å². The Hall–Kier alpha value is -0.830. The molecule has 1 amide bonds. The number of unbranched alkanes of at least 4 members (excludes halogenated alkanes) is 13. The maximum atomic E-state index is 12.3. The van der Waals surface area contributed by atoms with E-state index in [1.54, 1.807) is 11.3 Å². The van der Waals surface area contributed by atoms with Crippen LogP contribution in [0.1, 0.15) is 117 Å². The van der Waals surface area contributed by atoms with Crippen LogP contribution in [0.15, 0.2) is 17.5 Å². The van der Waals surface area contributed by atoms with Crippen molar-refractivity contribution in [2.24, 2.45) is 0 Å². The molecule has 156 valence electrons. The summed E-state index contributed by atoms with van der Waals surface area (Å²) in [5, 5.41) is 3.18. The van der Waals surface area contributed by atoms with Crippen LogP contribution in [0.4, 0.5) is 5.00 Å². The Balaban J connectivity index is 1.97. The van der Waals surface area contributed by atoms with Gasteiger partial charge in [0.1, 0.15) is 0 Å². The van der Waals surface area contributed by atoms with Crippen molar-refractivity contribution < 1.29 is 4.79 Å². The predicted octanol–water partition coefficient (Wildman–Crippen LogP) is 8.36. The number of thiophene rings is 1. The molecule has 27 heavy (non-hydrogen) atoms. The molecule has 0 spiro atoms. The standard InChI is InChI=1S/C24H43NOS/c1-3-5-6-7-8-9-10-11-12-13-14-15-16-17-21-25(23(26)19-4-2)24-20-18-22-27-24/h18,20,22H,3-17,19,21H2,1-2H3. The van der Waals surface area contributed by atoms with Crippen LogP contribution in [0.3, 0.4) is 0 Å². The lowest BCUT2D eigenvalue weighted by Gasteiger charge is -2.20. The molecule has 0 saturated heterocycles. The van der Waals surface area contributed by atoms with Crippen molar-refractivity contribution in [1.29, 1.82) is 0 Å². The van der Waals surface area contributed by atoms with Gasteiger partial charge in [-0.05, 0) is 30.4 Å². The summed E-state index contributed by atoms with van der Waals surface area (Å²) >= 11 is 1.68. The van der Waals surface area contributed by atoms with Crippen LogP contribution in [-0.2, 0) is 4.79 Å². The van der Waals surface area contributed by atoms with Gasteiger partial charge in [0.05, 0.1) is 5.00 Å². The summed E-state index contributed by atoms with van der Waals surface area (Å²) in [5.41, 5.74) is 0. The lowest BCUT2D eigenvalue weighted by Crippen LogP contribution is -2.30. The van der Waals surface area contributed by atoms with E-state index in [-0.39, 0.29) is 5.91 Å². The van der Waals surface area contributed by atoms with Crippen LogP contribution >= 0.6 is 11.3 Å². The third-order valence-electron chi connectivity index (χ3n) is 5.27. The van der Waals surface area contributed by atoms with Crippen LogP contribution in [0.5, 0.6) is 0 Å². The number of nitrogens with zero attached hydrogens (tertiary/aromatic N) is 1. The van der Waals surface area contributed by atoms with Crippen LogP contribution < -0.4 is 4.90 Å². The smallest absolute Gasteiger partial charge is 0.227 e. The summed E-state index contributed by atoms with van der Waals surface area (Å²) in [4.78, 5) is 14.3. The normalized spacial score (nSPS) is 11.0. The number of hydrogen-bond donors (Lipinski definition) is 0. The van der Waals surface area contributed by atoms with E-state index in [4.69, 9.17) is 0 Å². The van der Waals surface area contributed by atoms with E-state index in [1.807, 2.05) is 11.0 Å². The third-order valence-corrected chi connectivity index (χ3v) is 6.16. The maximum absolute atomic E-state index is 12.3. The van der Waals surface area contributed by atoms with E-state index >= 15 is 0 Å². The van der Waals surface area contributed by atoms with E-state index in [1.165, 1.54) is 83.5 Å². The molecule has 3 heteroatoms. The first kappa shape index (κ1) is 24.2. The Kier molecular flexibility index (Phi) is 15.5. The molecular formula is C24H43NOS. The molecule has 0 radical (unpaired) electrons. The van der Waals surface area contributed by atoms with Gasteiger partial charge in [-0.2, -0.15) is 0 Å². The molecule has 0 aromatic carbocycles. The second-order valence-electron chi connectivity index (χ2n) is 7.84. The van der Waals surface area contributed by atoms with E-state index in [9.17, 15) is 4.79 Å². The van der Waals surface area contributed by atoms with Crippen LogP contribution in [0.2, 0.25) is 0 Å². The summed E-state index contributed by atoms with van der Waals surface area (Å²) in [7, 11) is 0. The highest BCUT2D eigenvalue weighted by Crippen LogP contribution is 2.23. The fourth-order valence-electron chi connectivity index (χ4n) is 3.59. The van der Waals surface area contributed by atoms with Gasteiger partial charge in [0.2, 0.25) is 5.91 Å². The number of anilines is 1. The molecule has 0 aliphatic heterocycles. The Morgan fingerprint density at radius 1 is 0.778 bits per heavy atom. The van der Waals surface area contributed by atoms with Gasteiger partial charge in [-0.1, -0.05) is 97.3 Å². The van der Waals surface area contributed by atoms with Crippen molar-refractivity contribution in [3.05, 3.63) is 17.5 Å². The lowest BCUT2D eigenvalue weighted by atomic mass is 10.0. The minimum Gasteiger partial charge on any atom is -0.304 e. The fourth-order valence-corrected chi connectivity index (χ4v) is 4.37. The van der Waals surface area contributed by atoms with Crippen LogP contribution in [0, 0.1) is 0 Å². The molecule has 0 unspecified atom stereocenters. The van der Waals surface area contributed by atoms with Crippen molar-refractivity contribution in [2.75, 3.05) is 11.4 Å². The fraction of sp³-hybridized carbons (Fsp3) is 0.792. The summed E-state index contributed by atoms with van der Waals surface area (Å²) < 4.78 is 0. The van der Waals surface area contributed by atoms with Gasteiger partial charge in [0.25, 0.3) is 0 Å². The minimum absolute atomic E-state index is 0.287. The number of rotatable bonds is 18. The highest BCUT2D eigenvalue weighted by molar-refractivity contribution is 7.14. The topological polar surface area (TPSA) is 20.3 Å². The second kappa shape index (κ2) is 17.3. The average Bonchev–Trinajstić information content (AvgIpc) is 3.19. The number of hydrogen-bond acceptors (Lipinski definition) is 2. The first-order valence-electron chi connectivity index (χ1n) is 11.6. The van der Waals surface area contributed by atoms with Gasteiger partial charge >= 0.3 is 0 Å². The number of carbonyl (C=O) groups is 1. The largest absolute Gasteiger partial charge is 0.304 e. The Bertz CT molecular complexity index is 443. The number of carbonyl (C=O) groups excluding carboxylic acids is 1. The van der Waals surface area contributed by atoms with E-state index in [0.29, 0.717) is 6.42 Å². The predicted molar refractivity (Wildman–Crippen MR) is 122 cm³/mol. The van der Waals surface area contributed by atoms with Gasteiger partial charge < -0.3 is 4.90 Å². The summed E-state index contributed by atoms with van der Waals surface area (Å²) in [6, 6.07) is 4.11. The lowest BCUT2D eigenvalue weighted by molar-refractivity contribution is -0.118. The maximum Gasteiger partial charge on any atom is 0.227 e. The van der Waals surface area contributed by atoms with Gasteiger partial charge in [-0.3, -0.25) is 4.79 Å². The van der Waals surface area contributed by atoms with Crippen molar-refractivity contribution >= 4 is 22.2 Å². The zero-order valence-electron chi connectivity index (χ0n) is 18.0. The summed E-state index contributed by atoms with van der Waals surface area (Å²) in [6.07, 6.45) is 20.8. The molecule has 1 heterocycles. The zero-order chi connectivity index (χ0) is 19.6. The molecule has 0 fully saturated rings. The molecule has 1 aromatic heterocycles. The molecule has 1 rings (SSSR count). The van der Waals surface area contributed by atoms with Crippen LogP contribution in [-0.4, -0.2) is 12.5 Å². The average molecular weight is 394 g/mol. The molecule has 1 aromatic rings. The molecule has 0 atom stereocenters. The SMILES string of the molecule is CCCCCCCCCCCCCCCCN(C(=O)CCC)c1cccs1. The molecule has 0 aliphatic carbocycles. The molecule has 2 nitrogen and oxygen atoms in total. The zero-order valence-corrected chi connectivity index (χ0v) is 18.8. The quantitative estimate of drug-likeness (QED) is 0.229. The Morgan fingerprint density at radius 2 is 1.30 bits per heavy atom. The first-order chi connectivity index (χ1) is 13.3. The van der Waals surface area contributed by atoms with Crippen molar-refractivity contribution in [3.8, 4) is 0 Å². The van der Waals surface area contributed by atoms with Gasteiger partial charge in [0, 0.05) is 13.0 Å². The Morgan fingerprint density at radius 3 is 1.74 bits per heavy atom. The van der Waals surface area contributed by atoms with Crippen LogP contribution in [0.25, 0.3) is 0 Å². The van der Waals surface area contributed by atoms with Crippen molar-refractivity contribution in [1.82, 2.24) is 0 Å². The van der Waals surface area contributed by atoms with Gasteiger partial charge in [0.15, 0.2) is 0 Å². The summed E-state index contributed by atoms with van der Waals surface area (Å²) in [5.74, 6) is 0.287. The first-order valence-corrected chi connectivity index (χ1v) is 12.5. The highest BCUT2D eigenvalue weighted by Gasteiger charge is 2.14. The van der Waals surface area contributed by atoms with E-state index in [0.717, 1.165) is 24.4 Å². The second-order valence-corrected chi connectivity index (χ2v) is 8.77. The molecule has 0 N–H and O–H groups in total. The minimum atomic E-state index is 0.287. The number of amides is 1. The molecule has 0 aliphatic rings. The van der Waals surface area contributed by atoms with Gasteiger partial charge in [-0.25, -0.2) is 0 Å². The molecule has 0 bridgehead atoms. The molecule has 0 saturated carbocycles. The van der Waals surface area contributed by atoms with Crippen molar-refractivity contribution in [2.45, 2.75) is 117 Å². The third kappa shape index (κ3) is 12.3. The highest BCUT2D eigenvalue weighted by atomic mass is 32.1. The van der Waals surface area contributed by atoms with Crippen molar-refractivity contribution in [3.63, 3.8) is 0 Å².